The summed E-state index contributed by atoms with van der Waals surface area (Å²) in [5.41, 5.74) is 2.26. The Kier molecular flexibility index (Phi) is 4.62. The highest BCUT2D eigenvalue weighted by Crippen LogP contribution is 2.30. The molecule has 18 heavy (non-hydrogen) atoms. The molecular weight excluding hydrogens is 220 g/mol. The molecule has 0 amide bonds. The van der Waals surface area contributed by atoms with E-state index in [1.54, 1.807) is 0 Å². The average molecular weight is 246 g/mol. The molecule has 2 rings (SSSR count). The number of aryl methyl sites for hydroxylation is 1. The summed E-state index contributed by atoms with van der Waals surface area (Å²) in [6.07, 6.45) is 8.76. The van der Waals surface area contributed by atoms with Crippen LogP contribution in [-0.2, 0) is 0 Å². The zero-order valence-corrected chi connectivity index (χ0v) is 11.9. The molecule has 1 aromatic heterocycles. The fraction of sp³-hybridized carbons (Fsp3) is 0.688. The minimum atomic E-state index is 0.645. The maximum Gasteiger partial charge on any atom is 0.0529 e. The molecule has 2 heteroatoms. The molecule has 0 spiro atoms. The van der Waals surface area contributed by atoms with Crippen LogP contribution in [0.25, 0.3) is 0 Å². The van der Waals surface area contributed by atoms with Crippen LogP contribution in [0, 0.1) is 18.8 Å². The minimum absolute atomic E-state index is 0.645. The minimum Gasteiger partial charge on any atom is -0.381 e. The van der Waals surface area contributed by atoms with Gasteiger partial charge in [-0.15, -0.1) is 0 Å². The number of hydrogen-bond acceptors (Lipinski definition) is 2. The van der Waals surface area contributed by atoms with Crippen molar-refractivity contribution in [3.63, 3.8) is 0 Å². The molecule has 1 aliphatic rings. The summed E-state index contributed by atoms with van der Waals surface area (Å²) in [7, 11) is 0. The van der Waals surface area contributed by atoms with Crippen LogP contribution >= 0.6 is 0 Å². The van der Waals surface area contributed by atoms with Crippen molar-refractivity contribution in [2.24, 2.45) is 11.8 Å². The summed E-state index contributed by atoms with van der Waals surface area (Å²) in [5, 5.41) is 3.65. The number of pyridine rings is 1. The zero-order chi connectivity index (χ0) is 13.0. The Hall–Kier alpha value is -1.05. The molecular formula is C16H26N2. The van der Waals surface area contributed by atoms with E-state index in [-0.39, 0.29) is 0 Å². The number of rotatable bonds is 4. The first-order valence-electron chi connectivity index (χ1n) is 7.32. The Morgan fingerprint density at radius 2 is 2.17 bits per heavy atom. The summed E-state index contributed by atoms with van der Waals surface area (Å²) >= 11 is 0. The van der Waals surface area contributed by atoms with Gasteiger partial charge in [0, 0.05) is 11.7 Å². The standard InChI is InChI=1S/C16H26N2/c1-12(2)9-14-5-4-6-15(10-14)18-16-8-7-13(3)17-11-16/h7-8,11-12,14-15,18H,4-6,9-10H2,1-3H3. The van der Waals surface area contributed by atoms with Gasteiger partial charge in [0.1, 0.15) is 0 Å². The molecule has 0 aliphatic heterocycles. The Morgan fingerprint density at radius 3 is 2.83 bits per heavy atom. The van der Waals surface area contributed by atoms with Gasteiger partial charge < -0.3 is 5.32 Å². The Morgan fingerprint density at radius 1 is 1.33 bits per heavy atom. The van der Waals surface area contributed by atoms with Crippen LogP contribution in [0.3, 0.4) is 0 Å². The lowest BCUT2D eigenvalue weighted by atomic mass is 9.81. The lowest BCUT2D eigenvalue weighted by Crippen LogP contribution is -2.28. The SMILES string of the molecule is Cc1ccc(NC2CCCC(CC(C)C)C2)cn1. The topological polar surface area (TPSA) is 24.9 Å². The van der Waals surface area contributed by atoms with E-state index in [9.17, 15) is 0 Å². The summed E-state index contributed by atoms with van der Waals surface area (Å²) < 4.78 is 0. The van der Waals surface area contributed by atoms with Crippen molar-refractivity contribution in [3.05, 3.63) is 24.0 Å². The number of nitrogens with one attached hydrogen (secondary N) is 1. The fourth-order valence-electron chi connectivity index (χ4n) is 3.09. The first-order chi connectivity index (χ1) is 8.63. The second-order valence-electron chi connectivity index (χ2n) is 6.19. The number of aromatic nitrogens is 1. The molecule has 0 aromatic carbocycles. The maximum atomic E-state index is 4.35. The Bertz CT molecular complexity index is 356. The molecule has 2 unspecified atom stereocenters. The summed E-state index contributed by atoms with van der Waals surface area (Å²) in [6, 6.07) is 4.87. The van der Waals surface area contributed by atoms with Crippen molar-refractivity contribution in [1.29, 1.82) is 0 Å². The molecule has 0 saturated heterocycles. The molecule has 1 aromatic rings. The molecule has 1 fully saturated rings. The van der Waals surface area contributed by atoms with Gasteiger partial charge in [-0.3, -0.25) is 4.98 Å². The summed E-state index contributed by atoms with van der Waals surface area (Å²) in [5.74, 6) is 1.74. The van der Waals surface area contributed by atoms with E-state index in [4.69, 9.17) is 0 Å². The number of nitrogens with zero attached hydrogens (tertiary/aromatic N) is 1. The van der Waals surface area contributed by atoms with Gasteiger partial charge in [0.15, 0.2) is 0 Å². The lowest BCUT2D eigenvalue weighted by molar-refractivity contribution is 0.289. The van der Waals surface area contributed by atoms with E-state index in [1.807, 2.05) is 13.1 Å². The quantitative estimate of drug-likeness (QED) is 0.851. The molecule has 100 valence electrons. The van der Waals surface area contributed by atoms with E-state index >= 15 is 0 Å². The largest absolute Gasteiger partial charge is 0.381 e. The average Bonchev–Trinajstić information content (AvgIpc) is 2.32. The predicted octanol–water partition coefficient (Wildman–Crippen LogP) is 4.41. The van der Waals surface area contributed by atoms with Crippen molar-refractivity contribution in [3.8, 4) is 0 Å². The highest BCUT2D eigenvalue weighted by atomic mass is 14.9. The van der Waals surface area contributed by atoms with Crippen molar-refractivity contribution in [2.45, 2.75) is 58.9 Å². The van der Waals surface area contributed by atoms with Crippen LogP contribution in [0.15, 0.2) is 18.3 Å². The zero-order valence-electron chi connectivity index (χ0n) is 11.9. The van der Waals surface area contributed by atoms with E-state index in [2.05, 4.69) is 36.3 Å². The number of anilines is 1. The lowest BCUT2D eigenvalue weighted by Gasteiger charge is -2.31. The smallest absolute Gasteiger partial charge is 0.0529 e. The van der Waals surface area contributed by atoms with Gasteiger partial charge in [-0.1, -0.05) is 26.7 Å². The predicted molar refractivity (Wildman–Crippen MR) is 77.8 cm³/mol. The fourth-order valence-corrected chi connectivity index (χ4v) is 3.09. The van der Waals surface area contributed by atoms with Crippen LogP contribution in [0.2, 0.25) is 0 Å². The third-order valence-corrected chi connectivity index (χ3v) is 3.87. The summed E-state index contributed by atoms with van der Waals surface area (Å²) in [6.45, 7) is 6.70. The normalized spacial score (nSPS) is 24.2. The molecule has 1 saturated carbocycles. The molecule has 1 aliphatic carbocycles. The highest BCUT2D eigenvalue weighted by Gasteiger charge is 2.22. The van der Waals surface area contributed by atoms with Crippen molar-refractivity contribution >= 4 is 5.69 Å². The van der Waals surface area contributed by atoms with Crippen molar-refractivity contribution in [2.75, 3.05) is 5.32 Å². The van der Waals surface area contributed by atoms with Crippen molar-refractivity contribution < 1.29 is 0 Å². The second-order valence-corrected chi connectivity index (χ2v) is 6.19. The van der Waals surface area contributed by atoms with Crippen LogP contribution in [0.4, 0.5) is 5.69 Å². The van der Waals surface area contributed by atoms with Crippen LogP contribution in [0.1, 0.15) is 51.6 Å². The molecule has 0 radical (unpaired) electrons. The first-order valence-corrected chi connectivity index (χ1v) is 7.32. The van der Waals surface area contributed by atoms with Crippen LogP contribution in [-0.4, -0.2) is 11.0 Å². The molecule has 0 bridgehead atoms. The van der Waals surface area contributed by atoms with Gasteiger partial charge in [0.05, 0.1) is 11.9 Å². The van der Waals surface area contributed by atoms with E-state index < -0.39 is 0 Å². The Balaban J connectivity index is 1.87. The molecule has 1 N–H and O–H groups in total. The third kappa shape index (κ3) is 4.01. The van der Waals surface area contributed by atoms with Gasteiger partial charge in [0.25, 0.3) is 0 Å². The van der Waals surface area contributed by atoms with Crippen molar-refractivity contribution in [1.82, 2.24) is 4.98 Å². The molecule has 2 atom stereocenters. The molecule has 2 nitrogen and oxygen atoms in total. The van der Waals surface area contributed by atoms with Gasteiger partial charge >= 0.3 is 0 Å². The Labute approximate surface area is 111 Å². The second kappa shape index (κ2) is 6.21. The summed E-state index contributed by atoms with van der Waals surface area (Å²) in [4.78, 5) is 4.35. The van der Waals surface area contributed by atoms with E-state index in [0.717, 1.165) is 17.5 Å². The molecule has 1 heterocycles. The van der Waals surface area contributed by atoms with Crippen LogP contribution < -0.4 is 5.32 Å². The monoisotopic (exact) mass is 246 g/mol. The van der Waals surface area contributed by atoms with Crippen LogP contribution in [0.5, 0.6) is 0 Å². The highest BCUT2D eigenvalue weighted by molar-refractivity contribution is 5.41. The van der Waals surface area contributed by atoms with E-state index in [0.29, 0.717) is 6.04 Å². The maximum absolute atomic E-state index is 4.35. The number of hydrogen-bond donors (Lipinski definition) is 1. The third-order valence-electron chi connectivity index (χ3n) is 3.87. The first kappa shape index (κ1) is 13.4. The van der Waals surface area contributed by atoms with Gasteiger partial charge in [-0.05, 0) is 50.2 Å². The van der Waals surface area contributed by atoms with E-state index in [1.165, 1.54) is 37.8 Å². The van der Waals surface area contributed by atoms with Gasteiger partial charge in [-0.25, -0.2) is 0 Å². The van der Waals surface area contributed by atoms with Gasteiger partial charge in [-0.2, -0.15) is 0 Å². The van der Waals surface area contributed by atoms with Gasteiger partial charge in [0.2, 0.25) is 0 Å².